The van der Waals surface area contributed by atoms with Crippen molar-refractivity contribution in [1.29, 1.82) is 0 Å². The number of halogens is 2. The van der Waals surface area contributed by atoms with Crippen LogP contribution >= 0.6 is 15.9 Å². The summed E-state index contributed by atoms with van der Waals surface area (Å²) in [6.07, 6.45) is 0. The fourth-order valence-electron chi connectivity index (χ4n) is 1.70. The van der Waals surface area contributed by atoms with E-state index in [1.807, 2.05) is 6.07 Å². The molecule has 0 heterocycles. The van der Waals surface area contributed by atoms with Crippen molar-refractivity contribution in [2.45, 2.75) is 11.4 Å². The van der Waals surface area contributed by atoms with E-state index >= 15 is 0 Å². The van der Waals surface area contributed by atoms with Crippen molar-refractivity contribution in [3.8, 4) is 0 Å². The third kappa shape index (κ3) is 3.17. The lowest BCUT2D eigenvalue weighted by atomic mass is 10.2. The Labute approximate surface area is 125 Å². The van der Waals surface area contributed by atoms with Gasteiger partial charge in [0.2, 0.25) is 10.0 Å². The first kappa shape index (κ1) is 15.0. The molecule has 0 radical (unpaired) electrons. The van der Waals surface area contributed by atoms with E-state index in [1.54, 1.807) is 18.2 Å². The molecule has 0 aliphatic heterocycles. The zero-order valence-corrected chi connectivity index (χ0v) is 12.7. The average molecular weight is 359 g/mol. The molecule has 0 amide bonds. The maximum absolute atomic E-state index is 13.6. The number of rotatable bonds is 4. The average Bonchev–Trinajstić information content (AvgIpc) is 2.37. The molecule has 20 heavy (non-hydrogen) atoms. The third-order valence-electron chi connectivity index (χ3n) is 2.68. The van der Waals surface area contributed by atoms with E-state index in [0.29, 0.717) is 0 Å². The first-order chi connectivity index (χ1) is 9.42. The summed E-state index contributed by atoms with van der Waals surface area (Å²) in [6, 6.07) is 10.9. The van der Waals surface area contributed by atoms with Gasteiger partial charge in [0.1, 0.15) is 10.7 Å². The van der Waals surface area contributed by atoms with Gasteiger partial charge in [0.05, 0.1) is 5.69 Å². The van der Waals surface area contributed by atoms with Crippen LogP contribution in [0.2, 0.25) is 0 Å². The smallest absolute Gasteiger partial charge is 0.245 e. The SMILES string of the molecule is Nc1cccc(F)c1S(=O)(=O)NCc1ccccc1Br. The highest BCUT2D eigenvalue weighted by Crippen LogP contribution is 2.22. The number of nitrogens with two attached hydrogens (primary N) is 1. The summed E-state index contributed by atoms with van der Waals surface area (Å²) in [4.78, 5) is -0.521. The lowest BCUT2D eigenvalue weighted by Crippen LogP contribution is -2.25. The number of anilines is 1. The van der Waals surface area contributed by atoms with Crippen molar-refractivity contribution in [2.75, 3.05) is 5.73 Å². The monoisotopic (exact) mass is 358 g/mol. The van der Waals surface area contributed by atoms with E-state index in [4.69, 9.17) is 5.73 Å². The first-order valence-corrected chi connectivity index (χ1v) is 7.96. The molecule has 0 spiro atoms. The summed E-state index contributed by atoms with van der Waals surface area (Å²) in [6.45, 7) is 0.0392. The van der Waals surface area contributed by atoms with Gasteiger partial charge in [0, 0.05) is 11.0 Å². The van der Waals surface area contributed by atoms with E-state index in [2.05, 4.69) is 20.7 Å². The molecule has 0 aliphatic rings. The molecule has 4 nitrogen and oxygen atoms in total. The van der Waals surface area contributed by atoms with Crippen LogP contribution in [-0.2, 0) is 16.6 Å². The molecule has 0 fully saturated rings. The number of nitrogen functional groups attached to an aromatic ring is 1. The second-order valence-electron chi connectivity index (χ2n) is 4.07. The van der Waals surface area contributed by atoms with Gasteiger partial charge >= 0.3 is 0 Å². The molecule has 0 unspecified atom stereocenters. The van der Waals surface area contributed by atoms with Crippen molar-refractivity contribution < 1.29 is 12.8 Å². The first-order valence-electron chi connectivity index (χ1n) is 5.69. The van der Waals surface area contributed by atoms with Crippen LogP contribution in [0.15, 0.2) is 51.8 Å². The van der Waals surface area contributed by atoms with Crippen molar-refractivity contribution >= 4 is 31.6 Å². The van der Waals surface area contributed by atoms with Crippen LogP contribution in [0.4, 0.5) is 10.1 Å². The molecule has 7 heteroatoms. The quantitative estimate of drug-likeness (QED) is 0.825. The minimum Gasteiger partial charge on any atom is -0.398 e. The summed E-state index contributed by atoms with van der Waals surface area (Å²) in [5.41, 5.74) is 6.16. The molecule has 0 saturated heterocycles. The van der Waals surface area contributed by atoms with Gasteiger partial charge in [-0.3, -0.25) is 0 Å². The molecule has 0 aromatic heterocycles. The Hall–Kier alpha value is -1.44. The fourth-order valence-corrected chi connectivity index (χ4v) is 3.31. The zero-order chi connectivity index (χ0) is 14.8. The minimum atomic E-state index is -4.01. The number of hydrogen-bond acceptors (Lipinski definition) is 3. The molecule has 2 aromatic carbocycles. The zero-order valence-electron chi connectivity index (χ0n) is 10.3. The Morgan fingerprint density at radius 2 is 1.85 bits per heavy atom. The van der Waals surface area contributed by atoms with Gasteiger partial charge in [0.15, 0.2) is 0 Å². The van der Waals surface area contributed by atoms with Crippen LogP contribution in [0.25, 0.3) is 0 Å². The topological polar surface area (TPSA) is 72.2 Å². The Kier molecular flexibility index (Phi) is 4.42. The summed E-state index contributed by atoms with van der Waals surface area (Å²) in [7, 11) is -4.01. The number of hydrogen-bond donors (Lipinski definition) is 2. The lowest BCUT2D eigenvalue weighted by molar-refractivity contribution is 0.558. The van der Waals surface area contributed by atoms with Crippen molar-refractivity contribution in [2.24, 2.45) is 0 Å². The van der Waals surface area contributed by atoms with E-state index < -0.39 is 20.7 Å². The number of nitrogens with one attached hydrogen (secondary N) is 1. The third-order valence-corrected chi connectivity index (χ3v) is 4.94. The summed E-state index contributed by atoms with van der Waals surface area (Å²) in [5.74, 6) is -0.871. The molecule has 106 valence electrons. The summed E-state index contributed by atoms with van der Waals surface area (Å²) < 4.78 is 41.0. The molecular weight excluding hydrogens is 347 g/mol. The van der Waals surface area contributed by atoms with E-state index in [1.165, 1.54) is 12.1 Å². The second kappa shape index (κ2) is 5.90. The Morgan fingerprint density at radius 1 is 1.15 bits per heavy atom. The molecule has 0 aliphatic carbocycles. The number of sulfonamides is 1. The van der Waals surface area contributed by atoms with Crippen LogP contribution in [0.5, 0.6) is 0 Å². The van der Waals surface area contributed by atoms with E-state index in [-0.39, 0.29) is 12.2 Å². The van der Waals surface area contributed by atoms with Gasteiger partial charge in [-0.05, 0) is 23.8 Å². The van der Waals surface area contributed by atoms with Crippen LogP contribution < -0.4 is 10.5 Å². The van der Waals surface area contributed by atoms with Crippen LogP contribution in [0.3, 0.4) is 0 Å². The van der Waals surface area contributed by atoms with Gasteiger partial charge in [0.25, 0.3) is 0 Å². The highest BCUT2D eigenvalue weighted by atomic mass is 79.9. The van der Waals surface area contributed by atoms with Crippen molar-refractivity contribution in [1.82, 2.24) is 4.72 Å². The maximum Gasteiger partial charge on any atom is 0.245 e. The molecule has 0 bridgehead atoms. The number of benzene rings is 2. The molecule has 2 aromatic rings. The van der Waals surface area contributed by atoms with Gasteiger partial charge in [-0.1, -0.05) is 40.2 Å². The van der Waals surface area contributed by atoms with Gasteiger partial charge in [-0.2, -0.15) is 0 Å². The predicted octanol–water partition coefficient (Wildman–Crippen LogP) is 2.65. The standard InChI is InChI=1S/C13H12BrFN2O2S/c14-10-5-2-1-4-9(10)8-17-20(18,19)13-11(15)6-3-7-12(13)16/h1-7,17H,8,16H2. The van der Waals surface area contributed by atoms with Gasteiger partial charge < -0.3 is 5.73 Å². The summed E-state index contributed by atoms with van der Waals surface area (Å²) in [5, 5.41) is 0. The second-order valence-corrected chi connectivity index (χ2v) is 6.63. The molecule has 2 rings (SSSR count). The Balaban J connectivity index is 2.27. The van der Waals surface area contributed by atoms with Crippen molar-refractivity contribution in [3.05, 3.63) is 58.3 Å². The van der Waals surface area contributed by atoms with Gasteiger partial charge in [-0.15, -0.1) is 0 Å². The fraction of sp³-hybridized carbons (Fsp3) is 0.0769. The normalized spacial score (nSPS) is 11.5. The van der Waals surface area contributed by atoms with Crippen LogP contribution in [0, 0.1) is 5.82 Å². The van der Waals surface area contributed by atoms with Crippen LogP contribution in [0.1, 0.15) is 5.56 Å². The van der Waals surface area contributed by atoms with Crippen LogP contribution in [-0.4, -0.2) is 8.42 Å². The molecule has 0 atom stereocenters. The van der Waals surface area contributed by atoms with E-state index in [0.717, 1.165) is 16.1 Å². The Bertz CT molecular complexity index is 715. The van der Waals surface area contributed by atoms with Gasteiger partial charge in [-0.25, -0.2) is 17.5 Å². The van der Waals surface area contributed by atoms with Crippen molar-refractivity contribution in [3.63, 3.8) is 0 Å². The molecular formula is C13H12BrFN2O2S. The predicted molar refractivity (Wildman–Crippen MR) is 79.0 cm³/mol. The minimum absolute atomic E-state index is 0.0392. The maximum atomic E-state index is 13.6. The molecule has 3 N–H and O–H groups in total. The van der Waals surface area contributed by atoms with E-state index in [9.17, 15) is 12.8 Å². The highest BCUT2D eigenvalue weighted by molar-refractivity contribution is 9.10. The largest absolute Gasteiger partial charge is 0.398 e. The Morgan fingerprint density at radius 3 is 2.50 bits per heavy atom. The summed E-state index contributed by atoms with van der Waals surface area (Å²) >= 11 is 3.32. The highest BCUT2D eigenvalue weighted by Gasteiger charge is 2.21. The lowest BCUT2D eigenvalue weighted by Gasteiger charge is -2.10. The molecule has 0 saturated carbocycles.